The van der Waals surface area contributed by atoms with Crippen LogP contribution in [0.5, 0.6) is 0 Å². The number of nitrogens with zero attached hydrogens (tertiary/aromatic N) is 1. The number of rotatable bonds is 5. The molecule has 142 valence electrons. The molecule has 1 saturated heterocycles. The van der Waals surface area contributed by atoms with Crippen molar-refractivity contribution in [3.63, 3.8) is 0 Å². The van der Waals surface area contributed by atoms with E-state index in [0.717, 1.165) is 29.4 Å². The fraction of sp³-hybridized carbons (Fsp3) is 0.524. The van der Waals surface area contributed by atoms with Crippen molar-refractivity contribution in [2.24, 2.45) is 0 Å². The van der Waals surface area contributed by atoms with Crippen LogP contribution in [0.4, 0.5) is 0 Å². The summed E-state index contributed by atoms with van der Waals surface area (Å²) in [6.07, 6.45) is 3.86. The molecule has 27 heavy (non-hydrogen) atoms. The molecular weight excluding hydrogens is 339 g/mol. The van der Waals surface area contributed by atoms with Crippen LogP contribution in [0.2, 0.25) is 0 Å². The summed E-state index contributed by atoms with van der Waals surface area (Å²) >= 11 is 0. The lowest BCUT2D eigenvalue weighted by molar-refractivity contribution is -0.118. The van der Waals surface area contributed by atoms with Gasteiger partial charge in [0.2, 0.25) is 5.91 Å². The second kappa shape index (κ2) is 6.81. The molecule has 0 atom stereocenters. The third-order valence-electron chi connectivity index (χ3n) is 5.88. The molecule has 5 nitrogen and oxygen atoms in total. The highest BCUT2D eigenvalue weighted by molar-refractivity contribution is 6.56. The molecule has 6 heteroatoms. The van der Waals surface area contributed by atoms with Crippen LogP contribution in [0.15, 0.2) is 29.7 Å². The molecule has 1 N–H and O–H groups in total. The van der Waals surface area contributed by atoms with E-state index in [1.807, 2.05) is 58.0 Å². The Labute approximate surface area is 161 Å². The fourth-order valence-corrected chi connectivity index (χ4v) is 3.13. The van der Waals surface area contributed by atoms with Crippen molar-refractivity contribution >= 4 is 19.1 Å². The number of carbonyl (C=O) groups is 1. The summed E-state index contributed by atoms with van der Waals surface area (Å²) in [6.45, 7) is 9.89. The first-order chi connectivity index (χ1) is 12.6. The quantitative estimate of drug-likeness (QED) is 0.811. The highest BCUT2D eigenvalue weighted by atomic mass is 16.7. The Hall–Kier alpha value is -2.10. The van der Waals surface area contributed by atoms with Crippen molar-refractivity contribution in [3.8, 4) is 6.07 Å². The van der Waals surface area contributed by atoms with E-state index in [4.69, 9.17) is 9.31 Å². The molecule has 1 heterocycles. The van der Waals surface area contributed by atoms with E-state index in [2.05, 4.69) is 11.4 Å². The van der Waals surface area contributed by atoms with E-state index in [0.29, 0.717) is 6.54 Å². The molecule has 2 fully saturated rings. The van der Waals surface area contributed by atoms with E-state index < -0.39 is 18.3 Å². The second-order valence-corrected chi connectivity index (χ2v) is 8.53. The third-order valence-corrected chi connectivity index (χ3v) is 5.88. The lowest BCUT2D eigenvalue weighted by atomic mass is 9.77. The van der Waals surface area contributed by atoms with E-state index in [1.165, 1.54) is 6.92 Å². The highest BCUT2D eigenvalue weighted by Crippen LogP contribution is 2.47. The third kappa shape index (κ3) is 3.95. The molecular formula is C21H27BN2O3. The molecule has 1 aliphatic heterocycles. The van der Waals surface area contributed by atoms with Gasteiger partial charge >= 0.3 is 7.12 Å². The predicted octanol–water partition coefficient (Wildman–Crippen LogP) is 3.39. The number of benzene rings is 1. The smallest absolute Gasteiger partial charge is 0.400 e. The first kappa shape index (κ1) is 19.7. The Bertz CT molecular complexity index is 786. The molecule has 0 unspecified atom stereocenters. The van der Waals surface area contributed by atoms with Crippen molar-refractivity contribution in [2.75, 3.05) is 6.54 Å². The minimum absolute atomic E-state index is 0.0996. The summed E-state index contributed by atoms with van der Waals surface area (Å²) in [7, 11) is -0.518. The maximum Gasteiger partial charge on any atom is 0.492 e. The van der Waals surface area contributed by atoms with Crippen molar-refractivity contribution in [2.45, 2.75) is 64.1 Å². The molecule has 0 radical (unpaired) electrons. The summed E-state index contributed by atoms with van der Waals surface area (Å²) in [5.74, 6) is -0.0996. The highest BCUT2D eigenvalue weighted by Gasteiger charge is 2.52. The largest absolute Gasteiger partial charge is 0.492 e. The van der Waals surface area contributed by atoms with Crippen LogP contribution in [0.3, 0.4) is 0 Å². The van der Waals surface area contributed by atoms with E-state index in [-0.39, 0.29) is 11.3 Å². The van der Waals surface area contributed by atoms with Gasteiger partial charge in [-0.05, 0) is 57.1 Å². The zero-order valence-electron chi connectivity index (χ0n) is 16.8. The number of nitrogens with one attached hydrogen (secondary N) is 1. The number of amides is 1. The standard InChI is InChI=1S/C21H27BN2O3/c1-15(25)24-13-18(22-26-19(2,3)20(4,5)27-22)12-16-6-8-17(9-7-16)21(14-23)10-11-21/h6-9,12H,10-11,13H2,1-5H3,(H,24,25). The van der Waals surface area contributed by atoms with Gasteiger partial charge in [0.05, 0.1) is 22.7 Å². The zero-order chi connectivity index (χ0) is 19.9. The van der Waals surface area contributed by atoms with Gasteiger partial charge in [-0.2, -0.15) is 5.26 Å². The molecule has 1 amide bonds. The van der Waals surface area contributed by atoms with Gasteiger partial charge in [0.25, 0.3) is 0 Å². The summed E-state index contributed by atoms with van der Waals surface area (Å²) in [4.78, 5) is 11.4. The van der Waals surface area contributed by atoms with Crippen LogP contribution >= 0.6 is 0 Å². The topological polar surface area (TPSA) is 71.4 Å². The fourth-order valence-electron chi connectivity index (χ4n) is 3.13. The minimum atomic E-state index is -0.518. The van der Waals surface area contributed by atoms with Gasteiger partial charge in [-0.3, -0.25) is 4.79 Å². The number of nitriles is 1. The van der Waals surface area contributed by atoms with Gasteiger partial charge in [-0.1, -0.05) is 30.3 Å². The van der Waals surface area contributed by atoms with E-state index >= 15 is 0 Å². The van der Waals surface area contributed by atoms with Gasteiger partial charge in [0.1, 0.15) is 0 Å². The van der Waals surface area contributed by atoms with Crippen LogP contribution in [0, 0.1) is 11.3 Å². The molecule has 0 bridgehead atoms. The monoisotopic (exact) mass is 366 g/mol. The van der Waals surface area contributed by atoms with E-state index in [1.54, 1.807) is 0 Å². The van der Waals surface area contributed by atoms with Gasteiger partial charge in [0.15, 0.2) is 0 Å². The van der Waals surface area contributed by atoms with Crippen molar-refractivity contribution < 1.29 is 14.1 Å². The Kier molecular flexibility index (Phi) is 4.96. The van der Waals surface area contributed by atoms with Crippen LogP contribution in [-0.4, -0.2) is 30.8 Å². The summed E-state index contributed by atoms with van der Waals surface area (Å²) in [5, 5.41) is 12.2. The second-order valence-electron chi connectivity index (χ2n) is 8.53. The van der Waals surface area contributed by atoms with Gasteiger partial charge in [-0.15, -0.1) is 0 Å². The molecule has 1 aliphatic carbocycles. The molecule has 1 aromatic rings. The Morgan fingerprint density at radius 1 is 1.19 bits per heavy atom. The summed E-state index contributed by atoms with van der Waals surface area (Å²) < 4.78 is 12.3. The Balaban J connectivity index is 1.85. The molecule has 2 aliphatic rings. The molecule has 1 aromatic carbocycles. The van der Waals surface area contributed by atoms with Crippen molar-refractivity contribution in [3.05, 3.63) is 40.9 Å². The lowest BCUT2D eigenvalue weighted by Crippen LogP contribution is -2.41. The number of carbonyl (C=O) groups excluding carboxylic acids is 1. The Morgan fingerprint density at radius 2 is 1.74 bits per heavy atom. The minimum Gasteiger partial charge on any atom is -0.400 e. The van der Waals surface area contributed by atoms with Crippen LogP contribution < -0.4 is 5.32 Å². The van der Waals surface area contributed by atoms with Gasteiger partial charge < -0.3 is 14.6 Å². The van der Waals surface area contributed by atoms with Gasteiger partial charge in [0, 0.05) is 13.5 Å². The van der Waals surface area contributed by atoms with Gasteiger partial charge in [-0.25, -0.2) is 0 Å². The first-order valence-electron chi connectivity index (χ1n) is 9.41. The molecule has 1 saturated carbocycles. The van der Waals surface area contributed by atoms with E-state index in [9.17, 15) is 10.1 Å². The van der Waals surface area contributed by atoms with Crippen LogP contribution in [0.25, 0.3) is 6.08 Å². The molecule has 0 aromatic heterocycles. The predicted molar refractivity (Wildman–Crippen MR) is 106 cm³/mol. The average Bonchev–Trinajstić information content (AvgIpc) is 3.35. The normalized spacial score (nSPS) is 22.2. The maximum absolute atomic E-state index is 11.4. The number of hydrogen-bond acceptors (Lipinski definition) is 4. The SMILES string of the molecule is CC(=O)NCC(=Cc1ccc(C2(C#N)CC2)cc1)B1OC(C)(C)C(C)(C)O1. The Morgan fingerprint density at radius 3 is 2.19 bits per heavy atom. The van der Waals surface area contributed by atoms with Crippen molar-refractivity contribution in [1.29, 1.82) is 5.26 Å². The van der Waals surface area contributed by atoms with Crippen LogP contribution in [-0.2, 0) is 19.5 Å². The molecule has 3 rings (SSSR count). The summed E-state index contributed by atoms with van der Waals surface area (Å²) in [5.41, 5.74) is 1.75. The average molecular weight is 366 g/mol. The lowest BCUT2D eigenvalue weighted by Gasteiger charge is -2.32. The first-order valence-corrected chi connectivity index (χ1v) is 9.41. The maximum atomic E-state index is 11.4. The van der Waals surface area contributed by atoms with Crippen molar-refractivity contribution in [1.82, 2.24) is 5.32 Å². The number of hydrogen-bond donors (Lipinski definition) is 1. The van der Waals surface area contributed by atoms with Crippen LogP contribution in [0.1, 0.15) is 58.6 Å². The molecule has 0 spiro atoms. The summed E-state index contributed by atoms with van der Waals surface area (Å²) in [6, 6.07) is 10.5. The zero-order valence-corrected chi connectivity index (χ0v) is 16.8.